The number of nitrogen functional groups attached to an aromatic ring is 1. The minimum atomic E-state index is 0.797. The molecule has 1 aromatic carbocycles. The lowest BCUT2D eigenvalue weighted by molar-refractivity contribution is 0.811. The predicted octanol–water partition coefficient (Wildman–Crippen LogP) is 3.76. The lowest BCUT2D eigenvalue weighted by Gasteiger charge is -2.06. The molecule has 19 heavy (non-hydrogen) atoms. The maximum Gasteiger partial charge on any atom is 0.0898 e. The van der Waals surface area contributed by atoms with Crippen LogP contribution in [-0.2, 0) is 6.54 Å². The van der Waals surface area contributed by atoms with Crippen molar-refractivity contribution < 1.29 is 0 Å². The summed E-state index contributed by atoms with van der Waals surface area (Å²) in [4.78, 5) is 5.74. The molecule has 2 aromatic heterocycles. The van der Waals surface area contributed by atoms with Crippen LogP contribution in [0.25, 0.3) is 10.9 Å². The molecule has 0 amide bonds. The van der Waals surface area contributed by atoms with Gasteiger partial charge in [-0.1, -0.05) is 0 Å². The molecule has 0 unspecified atom stereocenters. The van der Waals surface area contributed by atoms with E-state index in [2.05, 4.69) is 33.5 Å². The van der Waals surface area contributed by atoms with Gasteiger partial charge in [0, 0.05) is 27.5 Å². The van der Waals surface area contributed by atoms with Crippen molar-refractivity contribution in [2.75, 3.05) is 12.0 Å². The summed E-state index contributed by atoms with van der Waals surface area (Å²) in [5.41, 5.74) is 9.08. The Labute approximate surface area is 120 Å². The molecule has 0 saturated heterocycles. The van der Waals surface area contributed by atoms with Gasteiger partial charge in [-0.25, -0.2) is 4.98 Å². The number of fused-ring (bicyclic) bond motifs is 1. The van der Waals surface area contributed by atoms with Crippen molar-refractivity contribution in [1.29, 1.82) is 0 Å². The van der Waals surface area contributed by atoms with E-state index in [0.717, 1.165) is 22.9 Å². The second-order valence-corrected chi connectivity index (χ2v) is 6.37. The van der Waals surface area contributed by atoms with E-state index in [1.165, 1.54) is 15.8 Å². The minimum absolute atomic E-state index is 0.797. The summed E-state index contributed by atoms with van der Waals surface area (Å²) in [5.74, 6) is 0. The molecule has 0 saturated carbocycles. The molecule has 3 rings (SSSR count). The first-order valence-corrected chi connectivity index (χ1v) is 8.11. The summed E-state index contributed by atoms with van der Waals surface area (Å²) in [6.45, 7) is 2.83. The van der Waals surface area contributed by atoms with Gasteiger partial charge in [-0.3, -0.25) is 0 Å². The molecule has 0 aliphatic rings. The fraction of sp³-hybridized carbons (Fsp3) is 0.214. The number of aryl methyl sites for hydroxylation is 1. The van der Waals surface area contributed by atoms with Crippen LogP contribution < -0.4 is 5.73 Å². The van der Waals surface area contributed by atoms with Crippen LogP contribution in [0.1, 0.15) is 10.7 Å². The Morgan fingerprint density at radius 2 is 2.26 bits per heavy atom. The average molecular weight is 289 g/mol. The lowest BCUT2D eigenvalue weighted by atomic mass is 10.2. The SMILES string of the molecule is CSc1cc(N)cc2c1ccn2Cc1csc(C)n1. The third kappa shape index (κ3) is 2.35. The van der Waals surface area contributed by atoms with Gasteiger partial charge in [0.05, 0.1) is 22.8 Å². The van der Waals surface area contributed by atoms with Crippen LogP contribution in [0.5, 0.6) is 0 Å². The molecule has 3 nitrogen and oxygen atoms in total. The van der Waals surface area contributed by atoms with Crippen molar-refractivity contribution in [3.8, 4) is 0 Å². The zero-order valence-electron chi connectivity index (χ0n) is 10.9. The van der Waals surface area contributed by atoms with E-state index in [4.69, 9.17) is 5.73 Å². The Morgan fingerprint density at radius 1 is 1.42 bits per heavy atom. The van der Waals surface area contributed by atoms with Crippen molar-refractivity contribution in [1.82, 2.24) is 9.55 Å². The predicted molar refractivity (Wildman–Crippen MR) is 84.1 cm³/mol. The van der Waals surface area contributed by atoms with Gasteiger partial charge in [0.25, 0.3) is 0 Å². The largest absolute Gasteiger partial charge is 0.399 e. The lowest BCUT2D eigenvalue weighted by Crippen LogP contribution is -1.99. The minimum Gasteiger partial charge on any atom is -0.399 e. The van der Waals surface area contributed by atoms with Gasteiger partial charge in [0.1, 0.15) is 0 Å². The van der Waals surface area contributed by atoms with E-state index in [1.54, 1.807) is 23.1 Å². The third-order valence-corrected chi connectivity index (χ3v) is 4.69. The third-order valence-electron chi connectivity index (χ3n) is 3.09. The molecular formula is C14H15N3S2. The number of anilines is 1. The van der Waals surface area contributed by atoms with Gasteiger partial charge in [-0.15, -0.1) is 23.1 Å². The van der Waals surface area contributed by atoms with E-state index in [-0.39, 0.29) is 0 Å². The number of hydrogen-bond acceptors (Lipinski definition) is 4. The van der Waals surface area contributed by atoms with Crippen molar-refractivity contribution in [3.05, 3.63) is 40.5 Å². The van der Waals surface area contributed by atoms with Gasteiger partial charge in [-0.05, 0) is 31.4 Å². The monoisotopic (exact) mass is 289 g/mol. The van der Waals surface area contributed by atoms with Crippen molar-refractivity contribution >= 4 is 39.7 Å². The van der Waals surface area contributed by atoms with Crippen LogP contribution in [0.4, 0.5) is 5.69 Å². The van der Waals surface area contributed by atoms with E-state index < -0.39 is 0 Å². The molecule has 2 N–H and O–H groups in total. The topological polar surface area (TPSA) is 43.8 Å². The first-order chi connectivity index (χ1) is 9.17. The molecule has 0 radical (unpaired) electrons. The van der Waals surface area contributed by atoms with Crippen LogP contribution >= 0.6 is 23.1 Å². The maximum atomic E-state index is 5.99. The highest BCUT2D eigenvalue weighted by molar-refractivity contribution is 7.98. The molecule has 5 heteroatoms. The summed E-state index contributed by atoms with van der Waals surface area (Å²) >= 11 is 3.42. The molecule has 0 aliphatic heterocycles. The first kappa shape index (κ1) is 12.6. The quantitative estimate of drug-likeness (QED) is 0.590. The van der Waals surface area contributed by atoms with E-state index in [1.807, 2.05) is 19.1 Å². The fourth-order valence-corrected chi connectivity index (χ4v) is 3.49. The molecule has 0 atom stereocenters. The summed E-state index contributed by atoms with van der Waals surface area (Å²) in [5, 5.41) is 4.48. The number of rotatable bonds is 3. The van der Waals surface area contributed by atoms with E-state index in [9.17, 15) is 0 Å². The smallest absolute Gasteiger partial charge is 0.0898 e. The highest BCUT2D eigenvalue weighted by Crippen LogP contribution is 2.30. The van der Waals surface area contributed by atoms with Crippen LogP contribution in [0, 0.1) is 6.92 Å². The van der Waals surface area contributed by atoms with Gasteiger partial charge < -0.3 is 10.3 Å². The highest BCUT2D eigenvalue weighted by atomic mass is 32.2. The second kappa shape index (κ2) is 4.90. The highest BCUT2D eigenvalue weighted by Gasteiger charge is 2.08. The Kier molecular flexibility index (Phi) is 3.24. The molecule has 0 aliphatic carbocycles. The molecule has 2 heterocycles. The van der Waals surface area contributed by atoms with Gasteiger partial charge in [-0.2, -0.15) is 0 Å². The average Bonchev–Trinajstić information content (AvgIpc) is 2.96. The number of nitrogens with zero attached hydrogens (tertiary/aromatic N) is 2. The number of thioether (sulfide) groups is 1. The number of aromatic nitrogens is 2. The normalized spacial score (nSPS) is 11.3. The number of hydrogen-bond donors (Lipinski definition) is 1. The molecule has 0 bridgehead atoms. The number of benzene rings is 1. The number of nitrogens with two attached hydrogens (primary N) is 1. The Hall–Kier alpha value is -1.46. The van der Waals surface area contributed by atoms with E-state index >= 15 is 0 Å². The van der Waals surface area contributed by atoms with Gasteiger partial charge in [0.15, 0.2) is 0 Å². The van der Waals surface area contributed by atoms with E-state index in [0.29, 0.717) is 0 Å². The van der Waals surface area contributed by atoms with Crippen molar-refractivity contribution in [3.63, 3.8) is 0 Å². The summed E-state index contributed by atoms with van der Waals surface area (Å²) in [7, 11) is 0. The summed E-state index contributed by atoms with van der Waals surface area (Å²) in [6.07, 6.45) is 4.19. The van der Waals surface area contributed by atoms with Crippen LogP contribution in [0.3, 0.4) is 0 Å². The number of thiazole rings is 1. The fourth-order valence-electron chi connectivity index (χ4n) is 2.24. The second-order valence-electron chi connectivity index (χ2n) is 4.46. The Balaban J connectivity index is 2.07. The van der Waals surface area contributed by atoms with Gasteiger partial charge >= 0.3 is 0 Å². The zero-order chi connectivity index (χ0) is 13.4. The summed E-state index contributed by atoms with van der Waals surface area (Å²) in [6, 6.07) is 6.22. The molecular weight excluding hydrogens is 274 g/mol. The van der Waals surface area contributed by atoms with Gasteiger partial charge in [0.2, 0.25) is 0 Å². The Bertz CT molecular complexity index is 727. The Morgan fingerprint density at radius 3 is 2.95 bits per heavy atom. The van der Waals surface area contributed by atoms with Crippen LogP contribution in [-0.4, -0.2) is 15.8 Å². The van der Waals surface area contributed by atoms with Crippen molar-refractivity contribution in [2.24, 2.45) is 0 Å². The molecule has 0 fully saturated rings. The summed E-state index contributed by atoms with van der Waals surface area (Å²) < 4.78 is 2.21. The van der Waals surface area contributed by atoms with Crippen LogP contribution in [0.15, 0.2) is 34.7 Å². The first-order valence-electron chi connectivity index (χ1n) is 6.01. The zero-order valence-corrected chi connectivity index (χ0v) is 12.5. The molecule has 98 valence electrons. The van der Waals surface area contributed by atoms with Crippen LogP contribution in [0.2, 0.25) is 0 Å². The molecule has 3 aromatic rings. The molecule has 0 spiro atoms. The standard InChI is InChI=1S/C14H15N3S2/c1-9-16-11(8-19-9)7-17-4-3-12-13(17)5-10(15)6-14(12)18-2/h3-6,8H,7,15H2,1-2H3. The maximum absolute atomic E-state index is 5.99. The van der Waals surface area contributed by atoms with Crippen molar-refractivity contribution in [2.45, 2.75) is 18.4 Å².